The van der Waals surface area contributed by atoms with Crippen molar-refractivity contribution in [2.24, 2.45) is 7.05 Å². The van der Waals surface area contributed by atoms with Crippen molar-refractivity contribution < 1.29 is 0 Å². The fourth-order valence-electron chi connectivity index (χ4n) is 3.54. The second-order valence-corrected chi connectivity index (χ2v) is 9.34. The Hall–Kier alpha value is -3.82. The summed E-state index contributed by atoms with van der Waals surface area (Å²) >= 11 is 7.47. The van der Waals surface area contributed by atoms with E-state index in [1.807, 2.05) is 104 Å². The highest BCUT2D eigenvalue weighted by atomic mass is 35.5. The minimum Gasteiger partial charge on any atom is -0.388 e. The maximum Gasteiger partial charge on any atom is 0.139 e. The molecule has 6 rings (SSSR count). The summed E-state index contributed by atoms with van der Waals surface area (Å²) in [7, 11) is 5.70. The molecular weight excluding hydrogens is 468 g/mol. The number of nitrogens with one attached hydrogen (secondary N) is 2. The highest BCUT2D eigenvalue weighted by Gasteiger charge is 2.08. The van der Waals surface area contributed by atoms with Gasteiger partial charge in [-0.3, -0.25) is 4.68 Å². The lowest BCUT2D eigenvalue weighted by molar-refractivity contribution is 0.768. The van der Waals surface area contributed by atoms with Gasteiger partial charge in [0, 0.05) is 81.2 Å². The van der Waals surface area contributed by atoms with Crippen LogP contribution in [-0.4, -0.2) is 42.6 Å². The number of nitrogens with zero attached hydrogens (tertiary/aromatic N) is 6. The number of rotatable bonds is 4. The summed E-state index contributed by atoms with van der Waals surface area (Å²) in [4.78, 5) is 10.2. The quantitative estimate of drug-likeness (QED) is 0.339. The molecule has 6 aromatic rings. The van der Waals surface area contributed by atoms with Crippen molar-refractivity contribution in [2.45, 2.75) is 0 Å². The van der Waals surface area contributed by atoms with Crippen LogP contribution in [0.4, 0.5) is 11.4 Å². The predicted octanol–water partition coefficient (Wildman–Crippen LogP) is 5.53. The van der Waals surface area contributed by atoms with E-state index >= 15 is 0 Å². The van der Waals surface area contributed by atoms with Gasteiger partial charge in [0.1, 0.15) is 11.3 Å². The van der Waals surface area contributed by atoms with Gasteiger partial charge in [-0.2, -0.15) is 5.10 Å². The number of aromatic nitrogens is 6. The van der Waals surface area contributed by atoms with Gasteiger partial charge in [0.15, 0.2) is 0 Å². The maximum atomic E-state index is 5.93. The van der Waals surface area contributed by atoms with Gasteiger partial charge in [-0.05, 0) is 24.3 Å². The molecule has 0 spiro atoms. The number of imidazole rings is 2. The van der Waals surface area contributed by atoms with Crippen molar-refractivity contribution in [1.29, 1.82) is 0 Å². The SMILES string of the molecule is CNc1ccn2cc(-c3ccc(Cl)s3)nc2c1.CNc1ccn2cc(-c3cnn(C)c3)nc2c1. The standard InChI is InChI=1S/C12H10ClN3S.C12H13N5/c1-14-8-4-5-16-7-9(15-12(16)6-8)10-2-3-11(13)17-10;1-13-10-3-4-17-8-11(15-12(17)5-10)9-6-14-16(2)7-9/h2-7,14H,1H3;3-8,13H,1-2H3. The summed E-state index contributed by atoms with van der Waals surface area (Å²) < 4.78 is 6.57. The monoisotopic (exact) mass is 490 g/mol. The molecule has 0 saturated carbocycles. The number of thiophene rings is 1. The number of hydrogen-bond donors (Lipinski definition) is 2. The first-order valence-corrected chi connectivity index (χ1v) is 11.8. The summed E-state index contributed by atoms with van der Waals surface area (Å²) in [5.74, 6) is 0. The first kappa shape index (κ1) is 22.0. The molecule has 0 amide bonds. The van der Waals surface area contributed by atoms with E-state index in [0.717, 1.165) is 48.8 Å². The molecule has 0 bridgehead atoms. The topological polar surface area (TPSA) is 76.5 Å². The third kappa shape index (κ3) is 4.48. The van der Waals surface area contributed by atoms with Crippen molar-refractivity contribution in [3.8, 4) is 21.8 Å². The Morgan fingerprint density at radius 2 is 1.44 bits per heavy atom. The van der Waals surface area contributed by atoms with E-state index in [2.05, 4.69) is 25.7 Å². The number of anilines is 2. The maximum absolute atomic E-state index is 5.93. The second-order valence-electron chi connectivity index (χ2n) is 7.62. The average Bonchev–Trinajstić information content (AvgIpc) is 3.63. The van der Waals surface area contributed by atoms with Crippen LogP contribution >= 0.6 is 22.9 Å². The Morgan fingerprint density at radius 3 is 1.97 bits per heavy atom. The summed E-state index contributed by atoms with van der Waals surface area (Å²) in [6.07, 6.45) is 11.8. The number of halogens is 1. The molecule has 2 N–H and O–H groups in total. The summed E-state index contributed by atoms with van der Waals surface area (Å²) in [5, 5.41) is 10.4. The molecule has 0 aliphatic carbocycles. The zero-order chi connectivity index (χ0) is 23.7. The largest absolute Gasteiger partial charge is 0.388 e. The molecule has 6 heterocycles. The number of aryl methyl sites for hydroxylation is 1. The van der Waals surface area contributed by atoms with Crippen LogP contribution in [0.2, 0.25) is 4.34 Å². The highest BCUT2D eigenvalue weighted by Crippen LogP contribution is 2.30. The van der Waals surface area contributed by atoms with Crippen molar-refractivity contribution >= 4 is 45.6 Å². The molecule has 0 saturated heterocycles. The van der Waals surface area contributed by atoms with E-state index in [9.17, 15) is 0 Å². The molecule has 0 atom stereocenters. The van der Waals surface area contributed by atoms with Crippen LogP contribution in [0.5, 0.6) is 0 Å². The third-order valence-electron chi connectivity index (χ3n) is 5.32. The van der Waals surface area contributed by atoms with E-state index in [1.165, 1.54) is 11.3 Å². The molecule has 0 radical (unpaired) electrons. The Bertz CT molecular complexity index is 1460. The van der Waals surface area contributed by atoms with E-state index < -0.39 is 0 Å². The Kier molecular flexibility index (Phi) is 5.95. The van der Waals surface area contributed by atoms with Crippen LogP contribution in [0.3, 0.4) is 0 Å². The van der Waals surface area contributed by atoms with Crippen LogP contribution in [0.1, 0.15) is 0 Å². The van der Waals surface area contributed by atoms with Gasteiger partial charge in [0.2, 0.25) is 0 Å². The summed E-state index contributed by atoms with van der Waals surface area (Å²) in [5.41, 5.74) is 6.88. The van der Waals surface area contributed by atoms with Crippen molar-refractivity contribution in [2.75, 3.05) is 24.7 Å². The number of hydrogen-bond acceptors (Lipinski definition) is 6. The van der Waals surface area contributed by atoms with Crippen LogP contribution in [0, 0.1) is 0 Å². The Balaban J connectivity index is 0.000000142. The smallest absolute Gasteiger partial charge is 0.139 e. The van der Waals surface area contributed by atoms with E-state index in [0.29, 0.717) is 0 Å². The molecule has 172 valence electrons. The average molecular weight is 491 g/mol. The minimum absolute atomic E-state index is 0.785. The van der Waals surface area contributed by atoms with E-state index in [-0.39, 0.29) is 0 Å². The van der Waals surface area contributed by atoms with Crippen LogP contribution in [-0.2, 0) is 7.05 Å². The lowest BCUT2D eigenvalue weighted by Gasteiger charge is -1.98. The molecule has 34 heavy (non-hydrogen) atoms. The van der Waals surface area contributed by atoms with Gasteiger partial charge < -0.3 is 19.4 Å². The van der Waals surface area contributed by atoms with Crippen LogP contribution < -0.4 is 10.6 Å². The zero-order valence-electron chi connectivity index (χ0n) is 18.9. The third-order valence-corrected chi connectivity index (χ3v) is 6.58. The molecular formula is C24H23ClN8S. The van der Waals surface area contributed by atoms with E-state index in [1.54, 1.807) is 4.68 Å². The van der Waals surface area contributed by atoms with Gasteiger partial charge in [0.05, 0.1) is 26.8 Å². The highest BCUT2D eigenvalue weighted by molar-refractivity contribution is 7.19. The lowest BCUT2D eigenvalue weighted by Crippen LogP contribution is -1.89. The first-order chi connectivity index (χ1) is 16.5. The van der Waals surface area contributed by atoms with Gasteiger partial charge >= 0.3 is 0 Å². The summed E-state index contributed by atoms with van der Waals surface area (Å²) in [6.45, 7) is 0. The van der Waals surface area contributed by atoms with Crippen molar-refractivity contribution in [3.05, 3.63) is 77.9 Å². The molecule has 0 aliphatic heterocycles. The minimum atomic E-state index is 0.785. The first-order valence-electron chi connectivity index (χ1n) is 10.6. The van der Waals surface area contributed by atoms with Gasteiger partial charge in [-0.25, -0.2) is 9.97 Å². The van der Waals surface area contributed by atoms with E-state index in [4.69, 9.17) is 11.6 Å². The molecule has 10 heteroatoms. The van der Waals surface area contributed by atoms with Crippen LogP contribution in [0.15, 0.2) is 73.6 Å². The molecule has 0 aliphatic rings. The van der Waals surface area contributed by atoms with Gasteiger partial charge in [0.25, 0.3) is 0 Å². The van der Waals surface area contributed by atoms with Crippen LogP contribution in [0.25, 0.3) is 33.1 Å². The molecule has 0 aromatic carbocycles. The Morgan fingerprint density at radius 1 is 0.824 bits per heavy atom. The van der Waals surface area contributed by atoms with Gasteiger partial charge in [-0.1, -0.05) is 11.6 Å². The molecule has 8 nitrogen and oxygen atoms in total. The predicted molar refractivity (Wildman–Crippen MR) is 140 cm³/mol. The normalized spacial score (nSPS) is 10.9. The van der Waals surface area contributed by atoms with Gasteiger partial charge in [-0.15, -0.1) is 11.3 Å². The fourth-order valence-corrected chi connectivity index (χ4v) is 4.54. The van der Waals surface area contributed by atoms with Crippen molar-refractivity contribution in [3.63, 3.8) is 0 Å². The fraction of sp³-hybridized carbons (Fsp3) is 0.125. The molecule has 0 fully saturated rings. The number of fused-ring (bicyclic) bond motifs is 2. The number of pyridine rings is 2. The molecule has 0 unspecified atom stereocenters. The summed E-state index contributed by atoms with van der Waals surface area (Å²) in [6, 6.07) is 11.9. The van der Waals surface area contributed by atoms with Crippen molar-refractivity contribution in [1.82, 2.24) is 28.5 Å². The second kappa shape index (κ2) is 9.20. The molecule has 6 aromatic heterocycles. The lowest BCUT2D eigenvalue weighted by atomic mass is 10.3. The Labute approximate surface area is 205 Å². The zero-order valence-corrected chi connectivity index (χ0v) is 20.5.